The van der Waals surface area contributed by atoms with Crippen molar-refractivity contribution in [2.75, 3.05) is 32.7 Å². The normalized spacial score (nSPS) is 15.7. The highest BCUT2D eigenvalue weighted by Gasteiger charge is 2.21. The number of rotatable bonds is 6. The van der Waals surface area contributed by atoms with Crippen molar-refractivity contribution >= 4 is 5.91 Å². The van der Waals surface area contributed by atoms with Crippen LogP contribution in [-0.4, -0.2) is 58.0 Å². The predicted octanol–water partition coefficient (Wildman–Crippen LogP) is 2.74. The third-order valence-corrected chi connectivity index (χ3v) is 4.71. The summed E-state index contributed by atoms with van der Waals surface area (Å²) in [7, 11) is 0. The van der Waals surface area contributed by atoms with Crippen molar-refractivity contribution in [3.8, 4) is 11.4 Å². The second-order valence-corrected chi connectivity index (χ2v) is 7.13. The van der Waals surface area contributed by atoms with Gasteiger partial charge < -0.3 is 9.47 Å². The Hall–Kier alpha value is -2.14. The number of benzene rings is 1. The first kappa shape index (κ1) is 17.7. The molecule has 1 aromatic carbocycles. The average Bonchev–Trinajstić information content (AvgIpc) is 3.09. The molecule has 1 aromatic heterocycles. The van der Waals surface area contributed by atoms with E-state index >= 15 is 0 Å². The number of carbonyl (C=O) groups excluding carboxylic acids is 1. The minimum atomic E-state index is 0.302. The molecule has 0 saturated carbocycles. The molecular weight excluding hydrogens is 312 g/mol. The van der Waals surface area contributed by atoms with Crippen LogP contribution in [0.3, 0.4) is 0 Å². The van der Waals surface area contributed by atoms with Gasteiger partial charge in [-0.15, -0.1) is 0 Å². The number of imidazole rings is 1. The molecule has 1 amide bonds. The maximum atomic E-state index is 12.2. The van der Waals surface area contributed by atoms with Crippen molar-refractivity contribution in [3.63, 3.8) is 0 Å². The second-order valence-electron chi connectivity index (χ2n) is 7.13. The Morgan fingerprint density at radius 1 is 1.08 bits per heavy atom. The molecule has 0 atom stereocenters. The highest BCUT2D eigenvalue weighted by atomic mass is 16.2. The first-order valence-electron chi connectivity index (χ1n) is 9.20. The first-order valence-corrected chi connectivity index (χ1v) is 9.20. The van der Waals surface area contributed by atoms with Gasteiger partial charge in [0.05, 0.1) is 0 Å². The molecule has 5 heteroatoms. The van der Waals surface area contributed by atoms with E-state index in [9.17, 15) is 4.79 Å². The molecule has 0 radical (unpaired) electrons. The molecule has 0 bridgehead atoms. The average molecular weight is 340 g/mol. The van der Waals surface area contributed by atoms with Crippen LogP contribution in [0.1, 0.15) is 20.3 Å². The van der Waals surface area contributed by atoms with Crippen LogP contribution in [-0.2, 0) is 11.3 Å². The third-order valence-electron chi connectivity index (χ3n) is 4.71. The van der Waals surface area contributed by atoms with E-state index in [-0.39, 0.29) is 0 Å². The van der Waals surface area contributed by atoms with Crippen molar-refractivity contribution in [1.29, 1.82) is 0 Å². The van der Waals surface area contributed by atoms with Gasteiger partial charge in [-0.25, -0.2) is 4.98 Å². The van der Waals surface area contributed by atoms with E-state index in [1.54, 1.807) is 0 Å². The van der Waals surface area contributed by atoms with Gasteiger partial charge in [-0.3, -0.25) is 9.69 Å². The minimum Gasteiger partial charge on any atom is -0.340 e. The topological polar surface area (TPSA) is 41.4 Å². The first-order chi connectivity index (χ1) is 12.1. The Labute approximate surface area is 150 Å². The summed E-state index contributed by atoms with van der Waals surface area (Å²) in [6, 6.07) is 10.3. The quantitative estimate of drug-likeness (QED) is 0.812. The molecule has 134 valence electrons. The van der Waals surface area contributed by atoms with Crippen molar-refractivity contribution in [2.24, 2.45) is 5.92 Å². The van der Waals surface area contributed by atoms with E-state index in [0.29, 0.717) is 18.2 Å². The van der Waals surface area contributed by atoms with Gasteiger partial charge in [0.1, 0.15) is 5.82 Å². The zero-order chi connectivity index (χ0) is 17.6. The number of aromatic nitrogens is 2. The van der Waals surface area contributed by atoms with E-state index in [1.165, 1.54) is 0 Å². The zero-order valence-electron chi connectivity index (χ0n) is 15.3. The number of amides is 1. The van der Waals surface area contributed by atoms with Crippen LogP contribution < -0.4 is 0 Å². The van der Waals surface area contributed by atoms with Crippen LogP contribution in [0, 0.1) is 5.92 Å². The van der Waals surface area contributed by atoms with Crippen LogP contribution >= 0.6 is 0 Å². The maximum absolute atomic E-state index is 12.2. The predicted molar refractivity (Wildman–Crippen MR) is 100 cm³/mol. The number of hydrogen-bond acceptors (Lipinski definition) is 3. The van der Waals surface area contributed by atoms with Gasteiger partial charge in [-0.05, 0) is 5.92 Å². The van der Waals surface area contributed by atoms with E-state index in [1.807, 2.05) is 35.5 Å². The molecule has 25 heavy (non-hydrogen) atoms. The highest BCUT2D eigenvalue weighted by molar-refractivity contribution is 5.76. The molecule has 0 unspecified atom stereocenters. The smallest absolute Gasteiger partial charge is 0.222 e. The number of hydrogen-bond donors (Lipinski definition) is 0. The van der Waals surface area contributed by atoms with E-state index in [0.717, 1.165) is 50.7 Å². The monoisotopic (exact) mass is 340 g/mol. The van der Waals surface area contributed by atoms with Crippen molar-refractivity contribution in [3.05, 3.63) is 42.7 Å². The van der Waals surface area contributed by atoms with Gasteiger partial charge in [-0.2, -0.15) is 0 Å². The fourth-order valence-corrected chi connectivity index (χ4v) is 3.29. The van der Waals surface area contributed by atoms with Crippen molar-refractivity contribution in [2.45, 2.75) is 26.8 Å². The van der Waals surface area contributed by atoms with Crippen LogP contribution in [0.25, 0.3) is 11.4 Å². The van der Waals surface area contributed by atoms with Gasteiger partial charge in [0.2, 0.25) is 5.91 Å². The summed E-state index contributed by atoms with van der Waals surface area (Å²) >= 11 is 0. The van der Waals surface area contributed by atoms with Crippen LogP contribution in [0.5, 0.6) is 0 Å². The van der Waals surface area contributed by atoms with Crippen LogP contribution in [0.2, 0.25) is 0 Å². The number of piperazine rings is 1. The van der Waals surface area contributed by atoms with E-state index in [4.69, 9.17) is 0 Å². The number of carbonyl (C=O) groups is 1. The summed E-state index contributed by atoms with van der Waals surface area (Å²) in [6.45, 7) is 9.72. The van der Waals surface area contributed by atoms with E-state index < -0.39 is 0 Å². The maximum Gasteiger partial charge on any atom is 0.222 e. The summed E-state index contributed by atoms with van der Waals surface area (Å²) < 4.78 is 2.21. The fraction of sp³-hybridized carbons (Fsp3) is 0.500. The molecule has 0 aliphatic carbocycles. The summed E-state index contributed by atoms with van der Waals surface area (Å²) in [5.74, 6) is 1.75. The molecular formula is C20H28N4O. The van der Waals surface area contributed by atoms with Gasteiger partial charge in [0.25, 0.3) is 0 Å². The van der Waals surface area contributed by atoms with Gasteiger partial charge in [0, 0.05) is 63.6 Å². The molecule has 3 rings (SSSR count). The van der Waals surface area contributed by atoms with Crippen LogP contribution in [0.4, 0.5) is 0 Å². The standard InChI is InChI=1S/C20H28N4O/c1-17(2)16-19(25)23-13-10-22(11-14-23)12-15-24-9-8-21-20(24)18-6-4-3-5-7-18/h3-9,17H,10-16H2,1-2H3. The molecule has 2 heterocycles. The molecule has 0 N–H and O–H groups in total. The lowest BCUT2D eigenvalue weighted by Gasteiger charge is -2.35. The lowest BCUT2D eigenvalue weighted by molar-refractivity contribution is -0.133. The van der Waals surface area contributed by atoms with Gasteiger partial charge >= 0.3 is 0 Å². The molecule has 1 saturated heterocycles. The second kappa shape index (κ2) is 8.30. The summed E-state index contributed by atoms with van der Waals surface area (Å²) in [6.07, 6.45) is 4.57. The SMILES string of the molecule is CC(C)CC(=O)N1CCN(CCn2ccnc2-c2ccccc2)CC1. The Bertz CT molecular complexity index is 672. The largest absolute Gasteiger partial charge is 0.340 e. The third kappa shape index (κ3) is 4.69. The Balaban J connectivity index is 1.50. The van der Waals surface area contributed by atoms with Crippen molar-refractivity contribution < 1.29 is 4.79 Å². The molecule has 5 nitrogen and oxygen atoms in total. The molecule has 2 aromatic rings. The Kier molecular flexibility index (Phi) is 5.87. The van der Waals surface area contributed by atoms with Crippen molar-refractivity contribution in [1.82, 2.24) is 19.4 Å². The van der Waals surface area contributed by atoms with Gasteiger partial charge in [-0.1, -0.05) is 44.2 Å². The van der Waals surface area contributed by atoms with E-state index in [2.05, 4.69) is 40.4 Å². The highest BCUT2D eigenvalue weighted by Crippen LogP contribution is 2.17. The summed E-state index contributed by atoms with van der Waals surface area (Å²) in [5.41, 5.74) is 1.15. The molecule has 1 aliphatic rings. The van der Waals surface area contributed by atoms with Gasteiger partial charge in [0.15, 0.2) is 0 Å². The number of nitrogens with zero attached hydrogens (tertiary/aromatic N) is 4. The molecule has 1 fully saturated rings. The lowest BCUT2D eigenvalue weighted by Crippen LogP contribution is -2.49. The fourth-order valence-electron chi connectivity index (χ4n) is 3.29. The molecule has 1 aliphatic heterocycles. The summed E-state index contributed by atoms with van der Waals surface area (Å²) in [5, 5.41) is 0. The lowest BCUT2D eigenvalue weighted by atomic mass is 10.1. The van der Waals surface area contributed by atoms with Crippen LogP contribution in [0.15, 0.2) is 42.7 Å². The molecule has 0 spiro atoms. The zero-order valence-corrected chi connectivity index (χ0v) is 15.3. The summed E-state index contributed by atoms with van der Waals surface area (Å²) in [4.78, 5) is 21.1. The Morgan fingerprint density at radius 2 is 1.80 bits per heavy atom. The minimum absolute atomic E-state index is 0.302. The Morgan fingerprint density at radius 3 is 2.48 bits per heavy atom.